The van der Waals surface area contributed by atoms with Crippen LogP contribution in [0.1, 0.15) is 155 Å². The number of carboxylic acid groups (broad SMARTS) is 2. The molecule has 184 valence electrons. The molecule has 0 unspecified atom stereocenters. The molecule has 0 aliphatic carbocycles. The van der Waals surface area contributed by atoms with E-state index < -0.39 is 17.4 Å². The number of hydrogen-bond acceptors (Lipinski definition) is 2. The van der Waals surface area contributed by atoms with E-state index in [9.17, 15) is 19.8 Å². The number of unbranched alkanes of at least 4 members (excludes halogenated alkanes) is 19. The molecule has 0 spiro atoms. The Labute approximate surface area is 192 Å². The van der Waals surface area contributed by atoms with Gasteiger partial charge in [-0.3, -0.25) is 9.59 Å². The third-order valence-electron chi connectivity index (χ3n) is 6.88. The van der Waals surface area contributed by atoms with Crippen LogP contribution in [0.3, 0.4) is 0 Å². The second-order valence-corrected chi connectivity index (χ2v) is 9.51. The SMILES string of the molecule is CCCCCCCCCCCCCCCCCCCCCCC(CC)(C(=O)O)C(=O)O. The maximum Gasteiger partial charge on any atom is 0.321 e. The fraction of sp³-hybridized carbons (Fsp3) is 0.926. The van der Waals surface area contributed by atoms with Crippen molar-refractivity contribution >= 4 is 11.9 Å². The van der Waals surface area contributed by atoms with Crippen molar-refractivity contribution in [1.82, 2.24) is 0 Å². The smallest absolute Gasteiger partial charge is 0.321 e. The van der Waals surface area contributed by atoms with Gasteiger partial charge < -0.3 is 10.2 Å². The average molecular weight is 441 g/mol. The first-order chi connectivity index (χ1) is 15.0. The highest BCUT2D eigenvalue weighted by Gasteiger charge is 2.44. The minimum atomic E-state index is -1.59. The Morgan fingerprint density at radius 3 is 0.968 bits per heavy atom. The van der Waals surface area contributed by atoms with Gasteiger partial charge >= 0.3 is 11.9 Å². The van der Waals surface area contributed by atoms with Crippen LogP contribution in [0.2, 0.25) is 0 Å². The van der Waals surface area contributed by atoms with E-state index in [0.29, 0.717) is 6.42 Å². The topological polar surface area (TPSA) is 74.6 Å². The number of carbonyl (C=O) groups is 2. The van der Waals surface area contributed by atoms with E-state index in [4.69, 9.17) is 0 Å². The van der Waals surface area contributed by atoms with Crippen molar-refractivity contribution in [2.75, 3.05) is 0 Å². The Morgan fingerprint density at radius 2 is 0.742 bits per heavy atom. The van der Waals surface area contributed by atoms with Crippen LogP contribution in [0.25, 0.3) is 0 Å². The molecule has 0 aromatic heterocycles. The van der Waals surface area contributed by atoms with E-state index >= 15 is 0 Å². The van der Waals surface area contributed by atoms with Crippen LogP contribution >= 0.6 is 0 Å². The maximum absolute atomic E-state index is 11.3. The van der Waals surface area contributed by atoms with Crippen molar-refractivity contribution in [2.24, 2.45) is 5.41 Å². The van der Waals surface area contributed by atoms with E-state index in [2.05, 4.69) is 6.92 Å². The minimum Gasteiger partial charge on any atom is -0.480 e. The standard InChI is InChI=1S/C27H52O4/c1-3-5-6-7-8-9-10-11-12-13-14-15-16-17-18-19-20-21-22-23-24-27(4-2,25(28)29)26(30)31/h3-24H2,1-2H3,(H,28,29)(H,30,31). The highest BCUT2D eigenvalue weighted by Crippen LogP contribution is 2.30. The van der Waals surface area contributed by atoms with Gasteiger partial charge in [-0.2, -0.15) is 0 Å². The van der Waals surface area contributed by atoms with Gasteiger partial charge in [0.15, 0.2) is 5.41 Å². The average Bonchev–Trinajstić information content (AvgIpc) is 2.74. The van der Waals surface area contributed by atoms with Gasteiger partial charge in [0.1, 0.15) is 0 Å². The van der Waals surface area contributed by atoms with Crippen LogP contribution in [-0.2, 0) is 9.59 Å². The van der Waals surface area contributed by atoms with Crippen LogP contribution in [0.4, 0.5) is 0 Å². The lowest BCUT2D eigenvalue weighted by Crippen LogP contribution is -2.38. The van der Waals surface area contributed by atoms with Gasteiger partial charge in [0, 0.05) is 0 Å². The molecule has 0 rings (SSSR count). The van der Waals surface area contributed by atoms with Crippen molar-refractivity contribution in [3.05, 3.63) is 0 Å². The summed E-state index contributed by atoms with van der Waals surface area (Å²) in [6, 6.07) is 0. The van der Waals surface area contributed by atoms with Crippen LogP contribution < -0.4 is 0 Å². The van der Waals surface area contributed by atoms with Crippen LogP contribution in [-0.4, -0.2) is 22.2 Å². The molecule has 2 N–H and O–H groups in total. The molecule has 0 aliphatic rings. The highest BCUT2D eigenvalue weighted by molar-refractivity contribution is 5.98. The molecular weight excluding hydrogens is 388 g/mol. The summed E-state index contributed by atoms with van der Waals surface area (Å²) in [5, 5.41) is 18.5. The first kappa shape index (κ1) is 29.9. The van der Waals surface area contributed by atoms with Gasteiger partial charge in [-0.05, 0) is 12.8 Å². The molecule has 0 aromatic carbocycles. The van der Waals surface area contributed by atoms with Crippen molar-refractivity contribution in [2.45, 2.75) is 155 Å². The predicted molar refractivity (Wildman–Crippen MR) is 131 cm³/mol. The van der Waals surface area contributed by atoms with Crippen LogP contribution in [0, 0.1) is 5.41 Å². The second kappa shape index (κ2) is 20.8. The zero-order valence-corrected chi connectivity index (χ0v) is 20.8. The molecule has 0 amide bonds. The van der Waals surface area contributed by atoms with Crippen LogP contribution in [0.5, 0.6) is 0 Å². The summed E-state index contributed by atoms with van der Waals surface area (Å²) in [5.41, 5.74) is -1.59. The first-order valence-corrected chi connectivity index (χ1v) is 13.5. The Bertz CT molecular complexity index is 419. The van der Waals surface area contributed by atoms with Crippen molar-refractivity contribution in [3.63, 3.8) is 0 Å². The maximum atomic E-state index is 11.3. The summed E-state index contributed by atoms with van der Waals surface area (Å²) >= 11 is 0. The molecule has 0 heterocycles. The fourth-order valence-electron chi connectivity index (χ4n) is 4.47. The van der Waals surface area contributed by atoms with Crippen molar-refractivity contribution in [1.29, 1.82) is 0 Å². The van der Waals surface area contributed by atoms with E-state index in [1.807, 2.05) is 0 Å². The van der Waals surface area contributed by atoms with Gasteiger partial charge in [0.2, 0.25) is 0 Å². The first-order valence-electron chi connectivity index (χ1n) is 13.5. The second-order valence-electron chi connectivity index (χ2n) is 9.51. The molecule has 0 bridgehead atoms. The Morgan fingerprint density at radius 1 is 0.484 bits per heavy atom. The summed E-state index contributed by atoms with van der Waals surface area (Å²) in [4.78, 5) is 22.7. The van der Waals surface area contributed by atoms with Crippen LogP contribution in [0.15, 0.2) is 0 Å². The normalized spacial score (nSPS) is 11.7. The van der Waals surface area contributed by atoms with E-state index in [0.717, 1.165) is 12.8 Å². The number of carboxylic acids is 2. The molecule has 0 radical (unpaired) electrons. The molecule has 4 nitrogen and oxygen atoms in total. The summed E-state index contributed by atoms with van der Waals surface area (Å²) < 4.78 is 0. The van der Waals surface area contributed by atoms with Crippen molar-refractivity contribution < 1.29 is 19.8 Å². The lowest BCUT2D eigenvalue weighted by atomic mass is 9.80. The van der Waals surface area contributed by atoms with Gasteiger partial charge in [-0.1, -0.05) is 142 Å². The lowest BCUT2D eigenvalue weighted by Gasteiger charge is -2.22. The third kappa shape index (κ3) is 15.4. The molecule has 0 fully saturated rings. The number of aliphatic carboxylic acids is 2. The Kier molecular flexibility index (Phi) is 20.1. The van der Waals surface area contributed by atoms with Gasteiger partial charge in [-0.15, -0.1) is 0 Å². The lowest BCUT2D eigenvalue weighted by molar-refractivity contribution is -0.165. The molecule has 0 aliphatic heterocycles. The van der Waals surface area contributed by atoms with E-state index in [1.165, 1.54) is 109 Å². The minimum absolute atomic E-state index is 0.150. The predicted octanol–water partition coefficient (Wildman–Crippen LogP) is 8.76. The fourth-order valence-corrected chi connectivity index (χ4v) is 4.47. The Balaban J connectivity index is 3.35. The summed E-state index contributed by atoms with van der Waals surface area (Å²) in [6.07, 6.45) is 26.4. The van der Waals surface area contributed by atoms with E-state index in [1.54, 1.807) is 6.92 Å². The monoisotopic (exact) mass is 440 g/mol. The summed E-state index contributed by atoms with van der Waals surface area (Å²) in [7, 11) is 0. The van der Waals surface area contributed by atoms with E-state index in [-0.39, 0.29) is 12.8 Å². The van der Waals surface area contributed by atoms with Gasteiger partial charge in [0.25, 0.3) is 0 Å². The molecule has 0 saturated carbocycles. The van der Waals surface area contributed by atoms with Gasteiger partial charge in [-0.25, -0.2) is 0 Å². The number of hydrogen-bond donors (Lipinski definition) is 2. The quantitative estimate of drug-likeness (QED) is 0.116. The molecular formula is C27H52O4. The molecule has 0 atom stereocenters. The molecule has 0 aromatic rings. The van der Waals surface area contributed by atoms with Gasteiger partial charge in [0.05, 0.1) is 0 Å². The molecule has 31 heavy (non-hydrogen) atoms. The van der Waals surface area contributed by atoms with Crippen molar-refractivity contribution in [3.8, 4) is 0 Å². The number of rotatable bonds is 24. The molecule has 0 saturated heterocycles. The summed E-state index contributed by atoms with van der Waals surface area (Å²) in [5.74, 6) is -2.39. The largest absolute Gasteiger partial charge is 0.480 e. The summed E-state index contributed by atoms with van der Waals surface area (Å²) in [6.45, 7) is 3.93. The third-order valence-corrected chi connectivity index (χ3v) is 6.88. The zero-order valence-electron chi connectivity index (χ0n) is 20.8. The highest BCUT2D eigenvalue weighted by atomic mass is 16.4. The Hall–Kier alpha value is -1.06. The zero-order chi connectivity index (χ0) is 23.2. The molecule has 4 heteroatoms.